The van der Waals surface area contributed by atoms with Crippen LogP contribution in [0.2, 0.25) is 0 Å². The van der Waals surface area contributed by atoms with Gasteiger partial charge in [0.15, 0.2) is 0 Å². The van der Waals surface area contributed by atoms with Gasteiger partial charge in [0.2, 0.25) is 0 Å². The van der Waals surface area contributed by atoms with Crippen molar-refractivity contribution in [3.8, 4) is 0 Å². The zero-order valence-electron chi connectivity index (χ0n) is 12.7. The molecule has 0 saturated heterocycles. The molecule has 0 spiro atoms. The number of hydrogen-bond donors (Lipinski definition) is 1. The number of carboxylic acids is 1. The van der Waals surface area contributed by atoms with Gasteiger partial charge in [-0.2, -0.15) is 0 Å². The van der Waals surface area contributed by atoms with Crippen LogP contribution in [0.4, 0.5) is 5.69 Å². The van der Waals surface area contributed by atoms with Crippen LogP contribution in [-0.2, 0) is 4.79 Å². The number of aliphatic carboxylic acids is 1. The van der Waals surface area contributed by atoms with Gasteiger partial charge in [-0.25, -0.2) is 0 Å². The van der Waals surface area contributed by atoms with Crippen LogP contribution in [0.25, 0.3) is 0 Å². The molecule has 3 heteroatoms. The van der Waals surface area contributed by atoms with Crippen molar-refractivity contribution in [2.75, 3.05) is 18.5 Å². The first-order valence-corrected chi connectivity index (χ1v) is 7.45. The molecule has 0 radical (unpaired) electrons. The quantitative estimate of drug-likeness (QED) is 0.910. The molecule has 2 atom stereocenters. The highest BCUT2D eigenvalue weighted by Crippen LogP contribution is 2.41. The largest absolute Gasteiger partial charge is 0.481 e. The van der Waals surface area contributed by atoms with Gasteiger partial charge < -0.3 is 10.0 Å². The average Bonchev–Trinajstić information content (AvgIpc) is 2.38. The van der Waals surface area contributed by atoms with E-state index in [4.69, 9.17) is 0 Å². The smallest absolute Gasteiger partial charge is 0.311 e. The molecule has 1 aliphatic rings. The fourth-order valence-corrected chi connectivity index (χ4v) is 3.60. The molecule has 2 unspecified atom stereocenters. The molecule has 110 valence electrons. The topological polar surface area (TPSA) is 40.5 Å². The SMILES string of the molecule is Cc1ccccc1N(C)CC1(C(=O)O)CCCC(C)C1. The van der Waals surface area contributed by atoms with E-state index in [1.165, 1.54) is 5.56 Å². The zero-order chi connectivity index (χ0) is 14.8. The number of benzene rings is 1. The molecule has 1 aromatic rings. The molecule has 1 aliphatic carbocycles. The number of para-hydroxylation sites is 1. The van der Waals surface area contributed by atoms with Gasteiger partial charge in [-0.3, -0.25) is 4.79 Å². The molecular formula is C17H25NO2. The zero-order valence-corrected chi connectivity index (χ0v) is 12.7. The van der Waals surface area contributed by atoms with Crippen molar-refractivity contribution >= 4 is 11.7 Å². The summed E-state index contributed by atoms with van der Waals surface area (Å²) in [6.07, 6.45) is 3.76. The third-order valence-corrected chi connectivity index (χ3v) is 4.61. The number of rotatable bonds is 4. The summed E-state index contributed by atoms with van der Waals surface area (Å²) in [7, 11) is 2.01. The monoisotopic (exact) mass is 275 g/mol. The number of nitrogens with zero attached hydrogens (tertiary/aromatic N) is 1. The van der Waals surface area contributed by atoms with Gasteiger partial charge in [-0.15, -0.1) is 0 Å². The Labute approximate surface area is 121 Å². The third-order valence-electron chi connectivity index (χ3n) is 4.61. The van der Waals surface area contributed by atoms with Crippen LogP contribution in [0, 0.1) is 18.3 Å². The van der Waals surface area contributed by atoms with Gasteiger partial charge in [0.05, 0.1) is 5.41 Å². The number of anilines is 1. The number of aryl methyl sites for hydroxylation is 1. The minimum absolute atomic E-state index is 0.505. The van der Waals surface area contributed by atoms with Crippen LogP contribution >= 0.6 is 0 Å². The number of carbonyl (C=O) groups is 1. The van der Waals surface area contributed by atoms with E-state index in [2.05, 4.69) is 30.9 Å². The maximum Gasteiger partial charge on any atom is 0.311 e. The minimum Gasteiger partial charge on any atom is -0.481 e. The van der Waals surface area contributed by atoms with Gasteiger partial charge in [0.1, 0.15) is 0 Å². The summed E-state index contributed by atoms with van der Waals surface area (Å²) in [6.45, 7) is 4.84. The second-order valence-electron chi connectivity index (χ2n) is 6.43. The first-order chi connectivity index (χ1) is 9.44. The molecule has 2 rings (SSSR count). The maximum atomic E-state index is 11.8. The van der Waals surface area contributed by atoms with Crippen LogP contribution in [0.3, 0.4) is 0 Å². The molecule has 1 saturated carbocycles. The van der Waals surface area contributed by atoms with Gasteiger partial charge in [0.25, 0.3) is 0 Å². The van der Waals surface area contributed by atoms with Crippen molar-refractivity contribution in [1.82, 2.24) is 0 Å². The van der Waals surface area contributed by atoms with Crippen LogP contribution in [0.1, 0.15) is 38.2 Å². The molecule has 0 aliphatic heterocycles. The Balaban J connectivity index is 2.20. The van der Waals surface area contributed by atoms with Crippen molar-refractivity contribution in [3.63, 3.8) is 0 Å². The fraction of sp³-hybridized carbons (Fsp3) is 0.588. The molecular weight excluding hydrogens is 250 g/mol. The highest BCUT2D eigenvalue weighted by Gasteiger charge is 2.42. The summed E-state index contributed by atoms with van der Waals surface area (Å²) in [5.41, 5.74) is 1.74. The lowest BCUT2D eigenvalue weighted by atomic mass is 9.69. The Morgan fingerprint density at radius 3 is 2.75 bits per heavy atom. The van der Waals surface area contributed by atoms with Crippen molar-refractivity contribution in [2.24, 2.45) is 11.3 Å². The van der Waals surface area contributed by atoms with Gasteiger partial charge in [-0.05, 0) is 37.3 Å². The van der Waals surface area contributed by atoms with Crippen molar-refractivity contribution in [1.29, 1.82) is 0 Å². The molecule has 20 heavy (non-hydrogen) atoms. The molecule has 0 aromatic heterocycles. The second kappa shape index (κ2) is 5.86. The highest BCUT2D eigenvalue weighted by atomic mass is 16.4. The van der Waals surface area contributed by atoms with E-state index in [0.29, 0.717) is 12.5 Å². The molecule has 0 bridgehead atoms. The summed E-state index contributed by atoms with van der Waals surface area (Å²) in [4.78, 5) is 14.0. The summed E-state index contributed by atoms with van der Waals surface area (Å²) in [6, 6.07) is 8.16. The Hall–Kier alpha value is -1.51. The molecule has 0 heterocycles. The van der Waals surface area contributed by atoms with Crippen LogP contribution in [0.15, 0.2) is 24.3 Å². The molecule has 0 amide bonds. The van der Waals surface area contributed by atoms with E-state index < -0.39 is 11.4 Å². The standard InChI is InChI=1S/C17H25NO2/c1-13-7-6-10-17(11-13,16(19)20)12-18(3)15-9-5-4-8-14(15)2/h4-5,8-9,13H,6-7,10-12H2,1-3H3,(H,19,20). The van der Waals surface area contributed by atoms with Crippen LogP contribution in [-0.4, -0.2) is 24.7 Å². The maximum absolute atomic E-state index is 11.8. The van der Waals surface area contributed by atoms with E-state index in [9.17, 15) is 9.90 Å². The number of carboxylic acid groups (broad SMARTS) is 1. The lowest BCUT2D eigenvalue weighted by Gasteiger charge is -2.40. The first kappa shape index (κ1) is 14.9. The lowest BCUT2D eigenvalue weighted by Crippen LogP contribution is -2.45. The fourth-order valence-electron chi connectivity index (χ4n) is 3.60. The minimum atomic E-state index is -0.635. The van der Waals surface area contributed by atoms with Gasteiger partial charge in [-0.1, -0.05) is 38.0 Å². The summed E-state index contributed by atoms with van der Waals surface area (Å²) in [5.74, 6) is -0.130. The van der Waals surface area contributed by atoms with E-state index >= 15 is 0 Å². The molecule has 3 nitrogen and oxygen atoms in total. The Bertz CT molecular complexity index is 486. The number of hydrogen-bond acceptors (Lipinski definition) is 2. The molecule has 1 aromatic carbocycles. The summed E-state index contributed by atoms with van der Waals surface area (Å²) < 4.78 is 0. The van der Waals surface area contributed by atoms with Crippen molar-refractivity contribution in [3.05, 3.63) is 29.8 Å². The van der Waals surface area contributed by atoms with E-state index in [1.54, 1.807) is 0 Å². The van der Waals surface area contributed by atoms with Gasteiger partial charge >= 0.3 is 5.97 Å². The average molecular weight is 275 g/mol. The van der Waals surface area contributed by atoms with Crippen molar-refractivity contribution in [2.45, 2.75) is 39.5 Å². The molecule has 1 N–H and O–H groups in total. The summed E-state index contributed by atoms with van der Waals surface area (Å²) in [5, 5.41) is 9.74. The summed E-state index contributed by atoms with van der Waals surface area (Å²) >= 11 is 0. The Morgan fingerprint density at radius 1 is 1.45 bits per heavy atom. The normalized spacial score (nSPS) is 26.2. The predicted molar refractivity (Wildman–Crippen MR) is 82.1 cm³/mol. The van der Waals surface area contributed by atoms with Crippen LogP contribution < -0.4 is 4.90 Å². The van der Waals surface area contributed by atoms with Crippen LogP contribution in [0.5, 0.6) is 0 Å². The van der Waals surface area contributed by atoms with E-state index in [1.807, 2.05) is 19.2 Å². The Morgan fingerprint density at radius 2 is 2.15 bits per heavy atom. The Kier molecular flexibility index (Phi) is 4.36. The highest BCUT2D eigenvalue weighted by molar-refractivity contribution is 5.76. The van der Waals surface area contributed by atoms with E-state index in [0.717, 1.165) is 31.4 Å². The second-order valence-corrected chi connectivity index (χ2v) is 6.43. The third kappa shape index (κ3) is 2.97. The van der Waals surface area contributed by atoms with E-state index in [-0.39, 0.29) is 0 Å². The predicted octanol–water partition coefficient (Wildman–Crippen LogP) is 3.71. The first-order valence-electron chi connectivity index (χ1n) is 7.45. The van der Waals surface area contributed by atoms with Gasteiger partial charge in [0, 0.05) is 19.3 Å². The van der Waals surface area contributed by atoms with Crippen molar-refractivity contribution < 1.29 is 9.90 Å². The molecule has 1 fully saturated rings. The lowest BCUT2D eigenvalue weighted by molar-refractivity contribution is -0.151.